The predicted molar refractivity (Wildman–Crippen MR) is 101 cm³/mol. The Kier molecular flexibility index (Phi) is 5.68. The van der Waals surface area contributed by atoms with Gasteiger partial charge < -0.3 is 15.0 Å². The highest BCUT2D eigenvalue weighted by Gasteiger charge is 2.17. The van der Waals surface area contributed by atoms with E-state index in [0.29, 0.717) is 38.3 Å². The Labute approximate surface area is 154 Å². The molecule has 1 aliphatic rings. The average Bonchev–Trinajstić information content (AvgIpc) is 2.66. The summed E-state index contributed by atoms with van der Waals surface area (Å²) in [5.41, 5.74) is 4.55. The molecule has 0 atom stereocenters. The summed E-state index contributed by atoms with van der Waals surface area (Å²) in [7, 11) is 0. The number of hydrogen-bond acceptors (Lipinski definition) is 3. The highest BCUT2D eigenvalue weighted by atomic mass is 16.5. The molecule has 5 heteroatoms. The Morgan fingerprint density at radius 3 is 2.35 bits per heavy atom. The minimum atomic E-state index is -0.134. The van der Waals surface area contributed by atoms with Crippen molar-refractivity contribution in [1.82, 2.24) is 4.90 Å². The van der Waals surface area contributed by atoms with Crippen LogP contribution in [0.15, 0.2) is 42.5 Å². The van der Waals surface area contributed by atoms with Gasteiger partial charge in [-0.25, -0.2) is 0 Å². The maximum absolute atomic E-state index is 12.4. The van der Waals surface area contributed by atoms with E-state index in [0.717, 1.165) is 22.4 Å². The largest absolute Gasteiger partial charge is 0.378 e. The first-order chi connectivity index (χ1) is 12.5. The minimum absolute atomic E-state index is 0.111. The molecule has 1 heterocycles. The molecule has 0 bridgehead atoms. The van der Waals surface area contributed by atoms with E-state index < -0.39 is 0 Å². The molecular formula is C21H24N2O3. The van der Waals surface area contributed by atoms with Crippen molar-refractivity contribution in [3.63, 3.8) is 0 Å². The van der Waals surface area contributed by atoms with Crippen LogP contribution in [-0.4, -0.2) is 43.0 Å². The van der Waals surface area contributed by atoms with E-state index in [-0.39, 0.29) is 11.8 Å². The molecule has 136 valence electrons. The summed E-state index contributed by atoms with van der Waals surface area (Å²) in [5.74, 6) is -0.0227. The molecule has 1 aliphatic heterocycles. The summed E-state index contributed by atoms with van der Waals surface area (Å²) in [6, 6.07) is 13.1. The third-order valence-electron chi connectivity index (χ3n) is 4.70. The lowest BCUT2D eigenvalue weighted by Crippen LogP contribution is -2.41. The monoisotopic (exact) mass is 352 g/mol. The molecule has 26 heavy (non-hydrogen) atoms. The Morgan fingerprint density at radius 1 is 1.00 bits per heavy atom. The van der Waals surface area contributed by atoms with Crippen molar-refractivity contribution in [3.8, 4) is 0 Å². The second-order valence-corrected chi connectivity index (χ2v) is 6.62. The number of hydrogen-bond donors (Lipinski definition) is 1. The van der Waals surface area contributed by atoms with Crippen molar-refractivity contribution in [3.05, 3.63) is 64.7 Å². The SMILES string of the molecule is Cc1ccc(C(=O)Nc2ccc(CC(=O)N3CCOCC3)cc2)cc1C. The van der Waals surface area contributed by atoms with Crippen LogP contribution in [0.3, 0.4) is 0 Å². The normalized spacial score (nSPS) is 14.2. The molecule has 0 unspecified atom stereocenters. The van der Waals surface area contributed by atoms with Gasteiger partial charge in [0, 0.05) is 24.3 Å². The van der Waals surface area contributed by atoms with Gasteiger partial charge in [-0.3, -0.25) is 9.59 Å². The van der Waals surface area contributed by atoms with Gasteiger partial charge in [0.1, 0.15) is 0 Å². The number of benzene rings is 2. The number of nitrogens with one attached hydrogen (secondary N) is 1. The number of nitrogens with zero attached hydrogens (tertiary/aromatic N) is 1. The quantitative estimate of drug-likeness (QED) is 0.920. The van der Waals surface area contributed by atoms with Crippen molar-refractivity contribution < 1.29 is 14.3 Å². The fourth-order valence-corrected chi connectivity index (χ4v) is 2.89. The molecule has 2 aromatic rings. The fourth-order valence-electron chi connectivity index (χ4n) is 2.89. The van der Waals surface area contributed by atoms with Crippen LogP contribution in [0.4, 0.5) is 5.69 Å². The van der Waals surface area contributed by atoms with Crippen molar-refractivity contribution in [1.29, 1.82) is 0 Å². The van der Waals surface area contributed by atoms with Crippen molar-refractivity contribution in [2.24, 2.45) is 0 Å². The van der Waals surface area contributed by atoms with E-state index in [1.165, 1.54) is 0 Å². The van der Waals surface area contributed by atoms with E-state index in [1.54, 1.807) is 0 Å². The molecule has 0 radical (unpaired) electrons. The van der Waals surface area contributed by atoms with Crippen LogP contribution < -0.4 is 5.32 Å². The molecule has 3 rings (SSSR count). The van der Waals surface area contributed by atoms with E-state index >= 15 is 0 Å². The molecule has 0 aromatic heterocycles. The number of carbonyl (C=O) groups is 2. The lowest BCUT2D eigenvalue weighted by Gasteiger charge is -2.26. The van der Waals surface area contributed by atoms with Crippen LogP contribution >= 0.6 is 0 Å². The van der Waals surface area contributed by atoms with Crippen molar-refractivity contribution in [2.45, 2.75) is 20.3 Å². The van der Waals surface area contributed by atoms with Gasteiger partial charge >= 0.3 is 0 Å². The highest BCUT2D eigenvalue weighted by molar-refractivity contribution is 6.04. The zero-order valence-electron chi connectivity index (χ0n) is 15.2. The summed E-state index contributed by atoms with van der Waals surface area (Å²) in [5, 5.41) is 2.90. The summed E-state index contributed by atoms with van der Waals surface area (Å²) >= 11 is 0. The molecule has 1 fully saturated rings. The Bertz CT molecular complexity index is 793. The van der Waals surface area contributed by atoms with Crippen molar-refractivity contribution >= 4 is 17.5 Å². The minimum Gasteiger partial charge on any atom is -0.378 e. The third kappa shape index (κ3) is 4.49. The van der Waals surface area contributed by atoms with E-state index in [4.69, 9.17) is 4.74 Å². The fraction of sp³-hybridized carbons (Fsp3) is 0.333. The predicted octanol–water partition coefficient (Wildman–Crippen LogP) is 2.96. The van der Waals surface area contributed by atoms with Crippen LogP contribution in [0.2, 0.25) is 0 Å². The van der Waals surface area contributed by atoms with Crippen LogP contribution in [0.25, 0.3) is 0 Å². The van der Waals surface area contributed by atoms with Gasteiger partial charge in [0.2, 0.25) is 5.91 Å². The van der Waals surface area contributed by atoms with Gasteiger partial charge in [0.25, 0.3) is 5.91 Å². The molecule has 0 aliphatic carbocycles. The number of morpholine rings is 1. The van der Waals surface area contributed by atoms with Gasteiger partial charge in [-0.05, 0) is 54.8 Å². The van der Waals surface area contributed by atoms with Gasteiger partial charge in [0.05, 0.1) is 19.6 Å². The maximum atomic E-state index is 12.4. The Hall–Kier alpha value is -2.66. The van der Waals surface area contributed by atoms with Crippen LogP contribution in [0, 0.1) is 13.8 Å². The topological polar surface area (TPSA) is 58.6 Å². The number of rotatable bonds is 4. The molecule has 2 aromatic carbocycles. The average molecular weight is 352 g/mol. The number of amides is 2. The van der Waals surface area contributed by atoms with Crippen LogP contribution in [0.5, 0.6) is 0 Å². The lowest BCUT2D eigenvalue weighted by atomic mass is 10.1. The zero-order chi connectivity index (χ0) is 18.5. The van der Waals surface area contributed by atoms with E-state index in [2.05, 4.69) is 5.32 Å². The standard InChI is InChI=1S/C21H24N2O3/c1-15-3-6-18(13-16(15)2)21(25)22-19-7-4-17(5-8-19)14-20(24)23-9-11-26-12-10-23/h3-8,13H,9-12,14H2,1-2H3,(H,22,25). The molecule has 1 N–H and O–H groups in total. The zero-order valence-corrected chi connectivity index (χ0v) is 15.2. The second kappa shape index (κ2) is 8.15. The highest BCUT2D eigenvalue weighted by Crippen LogP contribution is 2.15. The molecule has 0 spiro atoms. The number of anilines is 1. The van der Waals surface area contributed by atoms with E-state index in [9.17, 15) is 9.59 Å². The molecule has 0 saturated carbocycles. The Morgan fingerprint density at radius 2 is 1.69 bits per heavy atom. The first kappa shape index (κ1) is 18.1. The van der Waals surface area contributed by atoms with Crippen LogP contribution in [-0.2, 0) is 16.0 Å². The molecule has 1 saturated heterocycles. The first-order valence-electron chi connectivity index (χ1n) is 8.86. The van der Waals surface area contributed by atoms with Gasteiger partial charge in [-0.2, -0.15) is 0 Å². The summed E-state index contributed by atoms with van der Waals surface area (Å²) < 4.78 is 5.27. The summed E-state index contributed by atoms with van der Waals surface area (Å²) in [4.78, 5) is 26.5. The third-order valence-corrected chi connectivity index (χ3v) is 4.70. The van der Waals surface area contributed by atoms with Gasteiger partial charge in [-0.15, -0.1) is 0 Å². The smallest absolute Gasteiger partial charge is 0.255 e. The number of aryl methyl sites for hydroxylation is 2. The Balaban J connectivity index is 1.59. The lowest BCUT2D eigenvalue weighted by molar-refractivity contribution is -0.134. The number of ether oxygens (including phenoxy) is 1. The first-order valence-corrected chi connectivity index (χ1v) is 8.86. The molecule has 2 amide bonds. The van der Waals surface area contributed by atoms with Crippen LogP contribution in [0.1, 0.15) is 27.0 Å². The van der Waals surface area contributed by atoms with Crippen molar-refractivity contribution in [2.75, 3.05) is 31.6 Å². The summed E-state index contributed by atoms with van der Waals surface area (Å²) in [6.45, 7) is 6.54. The summed E-state index contributed by atoms with van der Waals surface area (Å²) in [6.07, 6.45) is 0.366. The number of carbonyl (C=O) groups excluding carboxylic acids is 2. The van der Waals surface area contributed by atoms with Gasteiger partial charge in [0.15, 0.2) is 0 Å². The molecule has 5 nitrogen and oxygen atoms in total. The van der Waals surface area contributed by atoms with Gasteiger partial charge in [-0.1, -0.05) is 18.2 Å². The second-order valence-electron chi connectivity index (χ2n) is 6.62. The maximum Gasteiger partial charge on any atom is 0.255 e. The van der Waals surface area contributed by atoms with E-state index in [1.807, 2.05) is 61.2 Å². The molecular weight excluding hydrogens is 328 g/mol.